The first-order valence-electron chi connectivity index (χ1n) is 4.73. The molecule has 0 aliphatic heterocycles. The quantitative estimate of drug-likeness (QED) is 0.820. The van der Waals surface area contributed by atoms with E-state index in [9.17, 15) is 0 Å². The van der Waals surface area contributed by atoms with Gasteiger partial charge in [-0.1, -0.05) is 23.7 Å². The zero-order valence-corrected chi connectivity index (χ0v) is 9.12. The Morgan fingerprint density at radius 1 is 1.33 bits per heavy atom. The largest absolute Gasteiger partial charge is 0.323 e. The zero-order valence-electron chi connectivity index (χ0n) is 8.37. The van der Waals surface area contributed by atoms with Gasteiger partial charge in [-0.15, -0.1) is 0 Å². The van der Waals surface area contributed by atoms with Crippen molar-refractivity contribution in [2.75, 3.05) is 0 Å². The van der Waals surface area contributed by atoms with E-state index in [-0.39, 0.29) is 6.04 Å². The van der Waals surface area contributed by atoms with Gasteiger partial charge in [-0.3, -0.25) is 5.10 Å². The van der Waals surface area contributed by atoms with E-state index in [1.54, 1.807) is 0 Å². The van der Waals surface area contributed by atoms with Crippen molar-refractivity contribution in [3.05, 3.63) is 41.0 Å². The normalized spacial score (nSPS) is 12.7. The van der Waals surface area contributed by atoms with Crippen LogP contribution in [0.25, 0.3) is 11.3 Å². The van der Waals surface area contributed by atoms with Crippen LogP contribution in [0.3, 0.4) is 0 Å². The van der Waals surface area contributed by atoms with Crippen LogP contribution in [-0.2, 0) is 0 Å². The molecule has 1 atom stereocenters. The fourth-order valence-electron chi connectivity index (χ4n) is 1.34. The number of rotatable bonds is 2. The van der Waals surface area contributed by atoms with E-state index >= 15 is 0 Å². The summed E-state index contributed by atoms with van der Waals surface area (Å²) in [5, 5.41) is 7.82. The van der Waals surface area contributed by atoms with Crippen molar-refractivity contribution in [3.8, 4) is 11.3 Å². The number of halogens is 1. The SMILES string of the molecule is C[C@@H](N)c1cc(-c2ccc(Cl)cc2)n[nH]1. The molecule has 0 bridgehead atoms. The van der Waals surface area contributed by atoms with Gasteiger partial charge in [0.15, 0.2) is 0 Å². The van der Waals surface area contributed by atoms with E-state index in [0.717, 1.165) is 22.0 Å². The second-order valence-corrected chi connectivity index (χ2v) is 3.94. The molecule has 3 N–H and O–H groups in total. The minimum absolute atomic E-state index is 0.0291. The van der Waals surface area contributed by atoms with Gasteiger partial charge in [-0.2, -0.15) is 5.10 Å². The number of H-pyrrole nitrogens is 1. The summed E-state index contributed by atoms with van der Waals surface area (Å²) in [6.07, 6.45) is 0. The summed E-state index contributed by atoms with van der Waals surface area (Å²) < 4.78 is 0. The van der Waals surface area contributed by atoms with E-state index < -0.39 is 0 Å². The molecule has 0 saturated carbocycles. The van der Waals surface area contributed by atoms with Crippen molar-refractivity contribution in [3.63, 3.8) is 0 Å². The van der Waals surface area contributed by atoms with Gasteiger partial charge < -0.3 is 5.73 Å². The molecule has 0 saturated heterocycles. The number of aromatic nitrogens is 2. The summed E-state index contributed by atoms with van der Waals surface area (Å²) in [6, 6.07) is 9.48. The van der Waals surface area contributed by atoms with Crippen molar-refractivity contribution in [1.29, 1.82) is 0 Å². The van der Waals surface area contributed by atoms with Gasteiger partial charge in [0.2, 0.25) is 0 Å². The maximum absolute atomic E-state index is 5.81. The molecule has 4 heteroatoms. The highest BCUT2D eigenvalue weighted by Gasteiger charge is 2.06. The summed E-state index contributed by atoms with van der Waals surface area (Å²) in [5.74, 6) is 0. The number of aromatic amines is 1. The zero-order chi connectivity index (χ0) is 10.8. The van der Waals surface area contributed by atoms with Crippen LogP contribution in [0.2, 0.25) is 5.02 Å². The molecule has 0 fully saturated rings. The Morgan fingerprint density at radius 3 is 2.53 bits per heavy atom. The van der Waals surface area contributed by atoms with Crippen LogP contribution >= 0.6 is 11.6 Å². The average molecular weight is 222 g/mol. The van der Waals surface area contributed by atoms with Crippen molar-refractivity contribution >= 4 is 11.6 Å². The molecule has 1 aromatic heterocycles. The number of nitrogens with two attached hydrogens (primary N) is 1. The number of nitrogens with zero attached hydrogens (tertiary/aromatic N) is 1. The van der Waals surface area contributed by atoms with Crippen LogP contribution in [0.15, 0.2) is 30.3 Å². The van der Waals surface area contributed by atoms with E-state index in [1.807, 2.05) is 37.3 Å². The van der Waals surface area contributed by atoms with Crippen molar-refractivity contribution in [1.82, 2.24) is 10.2 Å². The van der Waals surface area contributed by atoms with E-state index in [4.69, 9.17) is 17.3 Å². The van der Waals surface area contributed by atoms with Gasteiger partial charge in [0.1, 0.15) is 0 Å². The van der Waals surface area contributed by atoms with Gasteiger partial charge in [0.05, 0.1) is 11.4 Å². The third-order valence-corrected chi connectivity index (χ3v) is 2.48. The standard InChI is InChI=1S/C11H12ClN3/c1-7(13)10-6-11(15-14-10)8-2-4-9(12)5-3-8/h2-7H,13H2,1H3,(H,14,15)/t7-/m1/s1. The molecule has 1 heterocycles. The van der Waals surface area contributed by atoms with Crippen LogP contribution in [0.5, 0.6) is 0 Å². The highest BCUT2D eigenvalue weighted by Crippen LogP contribution is 2.21. The Labute approximate surface area is 93.3 Å². The Kier molecular flexibility index (Phi) is 2.75. The van der Waals surface area contributed by atoms with Crippen molar-refractivity contribution < 1.29 is 0 Å². The lowest BCUT2D eigenvalue weighted by atomic mass is 10.1. The number of hydrogen-bond acceptors (Lipinski definition) is 2. The van der Waals surface area contributed by atoms with Crippen LogP contribution in [-0.4, -0.2) is 10.2 Å². The third kappa shape index (κ3) is 2.19. The molecule has 15 heavy (non-hydrogen) atoms. The van der Waals surface area contributed by atoms with Gasteiger partial charge in [0, 0.05) is 16.6 Å². The monoisotopic (exact) mass is 221 g/mol. The van der Waals surface area contributed by atoms with Crippen LogP contribution in [0.1, 0.15) is 18.7 Å². The molecular formula is C11H12ClN3. The van der Waals surface area contributed by atoms with E-state index in [2.05, 4.69) is 10.2 Å². The minimum Gasteiger partial charge on any atom is -0.323 e. The Bertz CT molecular complexity index is 445. The molecular weight excluding hydrogens is 210 g/mol. The molecule has 0 aliphatic carbocycles. The molecule has 1 aromatic carbocycles. The molecule has 0 aliphatic rings. The van der Waals surface area contributed by atoms with Crippen LogP contribution in [0, 0.1) is 0 Å². The number of nitrogens with one attached hydrogen (secondary N) is 1. The molecule has 3 nitrogen and oxygen atoms in total. The Morgan fingerprint density at radius 2 is 2.00 bits per heavy atom. The molecule has 0 amide bonds. The summed E-state index contributed by atoms with van der Waals surface area (Å²) in [7, 11) is 0. The fraction of sp³-hybridized carbons (Fsp3) is 0.182. The second kappa shape index (κ2) is 4.04. The maximum Gasteiger partial charge on any atom is 0.0924 e. The van der Waals surface area contributed by atoms with Crippen molar-refractivity contribution in [2.45, 2.75) is 13.0 Å². The lowest BCUT2D eigenvalue weighted by molar-refractivity contribution is 0.772. The highest BCUT2D eigenvalue weighted by atomic mass is 35.5. The minimum atomic E-state index is -0.0291. The van der Waals surface area contributed by atoms with Gasteiger partial charge in [-0.05, 0) is 25.1 Å². The lowest BCUT2D eigenvalue weighted by Crippen LogP contribution is -2.04. The van der Waals surface area contributed by atoms with Gasteiger partial charge in [0.25, 0.3) is 0 Å². The van der Waals surface area contributed by atoms with Crippen LogP contribution in [0.4, 0.5) is 0 Å². The van der Waals surface area contributed by atoms with Crippen LogP contribution < -0.4 is 5.73 Å². The molecule has 0 radical (unpaired) electrons. The average Bonchev–Trinajstić information content (AvgIpc) is 2.68. The smallest absolute Gasteiger partial charge is 0.0924 e. The number of benzene rings is 1. The first-order chi connectivity index (χ1) is 7.16. The topological polar surface area (TPSA) is 54.7 Å². The summed E-state index contributed by atoms with van der Waals surface area (Å²) >= 11 is 5.81. The number of hydrogen-bond donors (Lipinski definition) is 2. The van der Waals surface area contributed by atoms with Gasteiger partial charge in [-0.25, -0.2) is 0 Å². The van der Waals surface area contributed by atoms with Crippen molar-refractivity contribution in [2.24, 2.45) is 5.73 Å². The summed E-state index contributed by atoms with van der Waals surface area (Å²) in [6.45, 7) is 1.92. The predicted molar refractivity (Wildman–Crippen MR) is 61.6 cm³/mol. The maximum atomic E-state index is 5.81. The molecule has 2 aromatic rings. The summed E-state index contributed by atoms with van der Waals surface area (Å²) in [5.41, 5.74) is 8.59. The lowest BCUT2D eigenvalue weighted by Gasteiger charge is -1.97. The van der Waals surface area contributed by atoms with Gasteiger partial charge >= 0.3 is 0 Å². The summed E-state index contributed by atoms with van der Waals surface area (Å²) in [4.78, 5) is 0. The Hall–Kier alpha value is -1.32. The Balaban J connectivity index is 2.33. The second-order valence-electron chi connectivity index (χ2n) is 3.50. The first kappa shape index (κ1) is 10.2. The first-order valence-corrected chi connectivity index (χ1v) is 5.11. The molecule has 2 rings (SSSR count). The molecule has 78 valence electrons. The third-order valence-electron chi connectivity index (χ3n) is 2.23. The fourth-order valence-corrected chi connectivity index (χ4v) is 1.46. The van der Waals surface area contributed by atoms with E-state index in [0.29, 0.717) is 0 Å². The van der Waals surface area contributed by atoms with E-state index in [1.165, 1.54) is 0 Å². The highest BCUT2D eigenvalue weighted by molar-refractivity contribution is 6.30. The molecule has 0 spiro atoms. The molecule has 0 unspecified atom stereocenters. The predicted octanol–water partition coefficient (Wildman–Crippen LogP) is 2.75.